The van der Waals surface area contributed by atoms with Gasteiger partial charge in [0.25, 0.3) is 0 Å². The molecule has 1 aliphatic rings. The first kappa shape index (κ1) is 24.3. The molecule has 0 aromatic heterocycles. The molecule has 1 aliphatic heterocycles. The summed E-state index contributed by atoms with van der Waals surface area (Å²) in [6.45, 7) is 6.40. The Labute approximate surface area is 200 Å². The second-order valence-corrected chi connectivity index (χ2v) is 9.10. The predicted molar refractivity (Wildman–Crippen MR) is 132 cm³/mol. The average molecular weight is 465 g/mol. The van der Waals surface area contributed by atoms with E-state index < -0.39 is 11.6 Å². The van der Waals surface area contributed by atoms with Crippen LogP contribution in [0.4, 0.5) is 13.2 Å². The van der Waals surface area contributed by atoms with Gasteiger partial charge in [0.05, 0.1) is 12.7 Å². The van der Waals surface area contributed by atoms with Gasteiger partial charge in [-0.15, -0.1) is 6.58 Å². The Balaban J connectivity index is 1.48. The SMILES string of the molecule is C=CCCC1CCC(c2ccc(-c3ccc(-c4ccc(CCC)c(F)c4F)cc3)c(F)c2)OC1. The number of hydrogen-bond donors (Lipinski definition) is 0. The van der Waals surface area contributed by atoms with E-state index in [0.717, 1.165) is 37.7 Å². The van der Waals surface area contributed by atoms with E-state index in [9.17, 15) is 8.78 Å². The Morgan fingerprint density at radius 1 is 0.912 bits per heavy atom. The Kier molecular flexibility index (Phi) is 7.89. The molecule has 4 rings (SSSR count). The highest BCUT2D eigenvalue weighted by molar-refractivity contribution is 5.71. The molecule has 3 aromatic rings. The van der Waals surface area contributed by atoms with E-state index >= 15 is 4.39 Å². The number of aryl methyl sites for hydroxylation is 1. The van der Waals surface area contributed by atoms with Crippen molar-refractivity contribution in [1.82, 2.24) is 0 Å². The first-order valence-corrected chi connectivity index (χ1v) is 12.1. The Bertz CT molecular complexity index is 1130. The maximum absolute atomic E-state index is 15.0. The zero-order valence-electron chi connectivity index (χ0n) is 19.6. The van der Waals surface area contributed by atoms with Crippen molar-refractivity contribution in [3.8, 4) is 22.3 Å². The Morgan fingerprint density at radius 2 is 1.62 bits per heavy atom. The molecule has 1 nitrogen and oxygen atoms in total. The summed E-state index contributed by atoms with van der Waals surface area (Å²) < 4.78 is 50.0. The summed E-state index contributed by atoms with van der Waals surface area (Å²) in [5.74, 6) is -1.41. The van der Waals surface area contributed by atoms with Gasteiger partial charge in [0.15, 0.2) is 11.6 Å². The summed E-state index contributed by atoms with van der Waals surface area (Å²) in [4.78, 5) is 0. The maximum atomic E-state index is 15.0. The van der Waals surface area contributed by atoms with Gasteiger partial charge in [-0.25, -0.2) is 13.2 Å². The van der Waals surface area contributed by atoms with Gasteiger partial charge in [-0.05, 0) is 66.3 Å². The lowest BCUT2D eigenvalue weighted by Gasteiger charge is -2.29. The number of halogens is 3. The van der Waals surface area contributed by atoms with Gasteiger partial charge in [0.2, 0.25) is 0 Å². The van der Waals surface area contributed by atoms with E-state index in [2.05, 4.69) is 6.58 Å². The van der Waals surface area contributed by atoms with Crippen molar-refractivity contribution >= 4 is 0 Å². The van der Waals surface area contributed by atoms with Crippen LogP contribution >= 0.6 is 0 Å². The van der Waals surface area contributed by atoms with Crippen LogP contribution in [0, 0.1) is 23.4 Å². The van der Waals surface area contributed by atoms with E-state index in [-0.39, 0.29) is 17.5 Å². The quantitative estimate of drug-likeness (QED) is 0.303. The summed E-state index contributed by atoms with van der Waals surface area (Å²) in [7, 11) is 0. The van der Waals surface area contributed by atoms with Crippen molar-refractivity contribution in [2.45, 2.75) is 51.6 Å². The minimum absolute atomic E-state index is 0.0838. The highest BCUT2D eigenvalue weighted by Crippen LogP contribution is 2.35. The number of ether oxygens (including phenoxy) is 1. The second kappa shape index (κ2) is 11.1. The van der Waals surface area contributed by atoms with Crippen molar-refractivity contribution in [2.75, 3.05) is 6.61 Å². The lowest BCUT2D eigenvalue weighted by molar-refractivity contribution is -0.0191. The van der Waals surface area contributed by atoms with Crippen molar-refractivity contribution < 1.29 is 17.9 Å². The molecule has 0 bridgehead atoms. The fourth-order valence-electron chi connectivity index (χ4n) is 4.72. The monoisotopic (exact) mass is 464 g/mol. The second-order valence-electron chi connectivity index (χ2n) is 9.10. The molecule has 1 saturated heterocycles. The molecule has 0 saturated carbocycles. The topological polar surface area (TPSA) is 9.23 Å². The van der Waals surface area contributed by atoms with Gasteiger partial charge < -0.3 is 4.74 Å². The van der Waals surface area contributed by atoms with Crippen LogP contribution in [0.2, 0.25) is 0 Å². The smallest absolute Gasteiger partial charge is 0.166 e. The molecule has 3 aromatic carbocycles. The number of benzene rings is 3. The molecule has 0 N–H and O–H groups in total. The van der Waals surface area contributed by atoms with Crippen molar-refractivity contribution in [3.63, 3.8) is 0 Å². The van der Waals surface area contributed by atoms with E-state index in [1.54, 1.807) is 48.5 Å². The van der Waals surface area contributed by atoms with Gasteiger partial charge in [-0.3, -0.25) is 0 Å². The fraction of sp³-hybridized carbons (Fsp3) is 0.333. The molecular formula is C30H31F3O. The normalized spacial score (nSPS) is 18.1. The van der Waals surface area contributed by atoms with Gasteiger partial charge in [-0.2, -0.15) is 0 Å². The van der Waals surface area contributed by atoms with Crippen LogP contribution in [0.1, 0.15) is 56.3 Å². The lowest BCUT2D eigenvalue weighted by atomic mass is 9.91. The van der Waals surface area contributed by atoms with Crippen LogP contribution in [0.15, 0.2) is 67.3 Å². The zero-order valence-corrected chi connectivity index (χ0v) is 19.6. The molecule has 0 aliphatic carbocycles. The third-order valence-corrected chi connectivity index (χ3v) is 6.70. The minimum atomic E-state index is -0.839. The van der Waals surface area contributed by atoms with E-state index in [4.69, 9.17) is 4.74 Å². The van der Waals surface area contributed by atoms with E-state index in [1.807, 2.05) is 19.1 Å². The third kappa shape index (κ3) is 5.28. The summed E-state index contributed by atoms with van der Waals surface area (Å²) in [5.41, 5.74) is 3.16. The van der Waals surface area contributed by atoms with Gasteiger partial charge in [0.1, 0.15) is 5.82 Å². The van der Waals surface area contributed by atoms with Gasteiger partial charge >= 0.3 is 0 Å². The van der Waals surface area contributed by atoms with Gasteiger partial charge in [-0.1, -0.05) is 68.0 Å². The molecule has 2 atom stereocenters. The number of rotatable bonds is 8. The van der Waals surface area contributed by atoms with Gasteiger partial charge in [0, 0.05) is 11.1 Å². The number of hydrogen-bond acceptors (Lipinski definition) is 1. The Morgan fingerprint density at radius 3 is 2.24 bits per heavy atom. The summed E-state index contributed by atoms with van der Waals surface area (Å²) in [6, 6.07) is 15.4. The van der Waals surface area contributed by atoms with Crippen molar-refractivity contribution in [3.05, 3.63) is 95.8 Å². The molecule has 0 radical (unpaired) electrons. The zero-order chi connectivity index (χ0) is 24.1. The molecule has 0 spiro atoms. The number of allylic oxidation sites excluding steroid dienone is 1. The average Bonchev–Trinajstić information content (AvgIpc) is 2.86. The molecule has 178 valence electrons. The predicted octanol–water partition coefficient (Wildman–Crippen LogP) is 8.82. The fourth-order valence-corrected chi connectivity index (χ4v) is 4.72. The molecule has 0 amide bonds. The third-order valence-electron chi connectivity index (χ3n) is 6.70. The molecule has 2 unspecified atom stereocenters. The molecule has 34 heavy (non-hydrogen) atoms. The largest absolute Gasteiger partial charge is 0.373 e. The van der Waals surface area contributed by atoms with Crippen LogP contribution in [0.3, 0.4) is 0 Å². The lowest BCUT2D eigenvalue weighted by Crippen LogP contribution is -2.20. The van der Waals surface area contributed by atoms with Crippen LogP contribution in [0.25, 0.3) is 22.3 Å². The van der Waals surface area contributed by atoms with E-state index in [1.165, 1.54) is 0 Å². The first-order valence-electron chi connectivity index (χ1n) is 12.1. The molecule has 4 heteroatoms. The van der Waals surface area contributed by atoms with Crippen LogP contribution in [-0.4, -0.2) is 6.61 Å². The minimum Gasteiger partial charge on any atom is -0.373 e. The first-order chi connectivity index (χ1) is 16.5. The van der Waals surface area contributed by atoms with Crippen LogP contribution < -0.4 is 0 Å². The summed E-state index contributed by atoms with van der Waals surface area (Å²) >= 11 is 0. The van der Waals surface area contributed by atoms with Crippen molar-refractivity contribution in [1.29, 1.82) is 0 Å². The van der Waals surface area contributed by atoms with Crippen LogP contribution in [-0.2, 0) is 11.2 Å². The van der Waals surface area contributed by atoms with Crippen LogP contribution in [0.5, 0.6) is 0 Å². The molecular weight excluding hydrogens is 433 g/mol. The van der Waals surface area contributed by atoms with Crippen molar-refractivity contribution in [2.24, 2.45) is 5.92 Å². The highest BCUT2D eigenvalue weighted by Gasteiger charge is 2.23. The molecule has 1 fully saturated rings. The highest BCUT2D eigenvalue weighted by atomic mass is 19.2. The standard InChI is InChI=1S/C30H31F3O/c1-3-5-7-20-8-17-28(34-19-20)24-14-15-25(27(31)18-24)21-9-11-22(12-10-21)26-16-13-23(6-4-2)29(32)30(26)33/h3,9-16,18,20,28H,1,4-8,17,19H2,2H3. The Hall–Kier alpha value is -2.85. The summed E-state index contributed by atoms with van der Waals surface area (Å²) in [6.07, 6.45) is 7.13. The summed E-state index contributed by atoms with van der Waals surface area (Å²) in [5, 5.41) is 0. The van der Waals surface area contributed by atoms with E-state index in [0.29, 0.717) is 41.2 Å². The maximum Gasteiger partial charge on any atom is 0.166 e. The molecule has 1 heterocycles.